The Kier molecular flexibility index (Phi) is 5.14. The molecule has 0 aromatic heterocycles. The highest BCUT2D eigenvalue weighted by molar-refractivity contribution is 5.93. The maximum absolute atomic E-state index is 11.2. The van der Waals surface area contributed by atoms with Gasteiger partial charge in [0, 0.05) is 23.5 Å². The Hall–Kier alpha value is -3.09. The van der Waals surface area contributed by atoms with Gasteiger partial charge in [-0.2, -0.15) is 0 Å². The molecule has 0 aliphatic heterocycles. The first-order valence-electron chi connectivity index (χ1n) is 6.92. The van der Waals surface area contributed by atoms with E-state index in [0.717, 1.165) is 0 Å². The number of allylic oxidation sites excluding steroid dienone is 3. The second-order valence-corrected chi connectivity index (χ2v) is 4.91. The summed E-state index contributed by atoms with van der Waals surface area (Å²) < 4.78 is 0. The zero-order chi connectivity index (χ0) is 16.8. The summed E-state index contributed by atoms with van der Waals surface area (Å²) in [4.78, 5) is 34.4. The van der Waals surface area contributed by atoms with Crippen LogP contribution in [0, 0.1) is 0 Å². The van der Waals surface area contributed by atoms with Gasteiger partial charge in [0.25, 0.3) is 0 Å². The molecule has 0 spiro atoms. The lowest BCUT2D eigenvalue weighted by Crippen LogP contribution is -2.29. The van der Waals surface area contributed by atoms with Crippen molar-refractivity contribution in [3.05, 3.63) is 48.2 Å². The number of ketones is 1. The van der Waals surface area contributed by atoms with Crippen LogP contribution in [0.15, 0.2) is 48.2 Å². The van der Waals surface area contributed by atoms with E-state index >= 15 is 0 Å². The number of hydrogen-bond acceptors (Lipinski definition) is 5. The molecule has 0 unspecified atom stereocenters. The second kappa shape index (κ2) is 7.26. The molecule has 2 rings (SSSR count). The number of anilines is 2. The van der Waals surface area contributed by atoms with Gasteiger partial charge in [-0.3, -0.25) is 14.4 Å². The van der Waals surface area contributed by atoms with E-state index in [1.807, 2.05) is 0 Å². The van der Waals surface area contributed by atoms with Gasteiger partial charge in [0.1, 0.15) is 13.1 Å². The Balaban J connectivity index is 2.19. The fourth-order valence-electron chi connectivity index (χ4n) is 2.12. The number of benzene rings is 1. The Morgan fingerprint density at radius 1 is 1.09 bits per heavy atom. The van der Waals surface area contributed by atoms with E-state index in [1.165, 1.54) is 6.08 Å². The third kappa shape index (κ3) is 4.70. The molecule has 7 heteroatoms. The number of carbonyl (C=O) groups is 3. The highest BCUT2D eigenvalue weighted by Crippen LogP contribution is 2.24. The largest absolute Gasteiger partial charge is 0.480 e. The average molecular weight is 316 g/mol. The average Bonchev–Trinajstić information content (AvgIpc) is 2.52. The van der Waals surface area contributed by atoms with Gasteiger partial charge >= 0.3 is 11.9 Å². The van der Waals surface area contributed by atoms with Crippen molar-refractivity contribution < 1.29 is 24.6 Å². The summed E-state index contributed by atoms with van der Waals surface area (Å²) in [5.74, 6) is -2.00. The topological polar surface area (TPSA) is 107 Å². The van der Waals surface area contributed by atoms with Crippen LogP contribution in [0.25, 0.3) is 0 Å². The van der Waals surface area contributed by atoms with Crippen molar-refractivity contribution >= 4 is 29.1 Å². The van der Waals surface area contributed by atoms with Gasteiger partial charge in [0.05, 0.1) is 0 Å². The normalized spacial score (nSPS) is 13.4. The van der Waals surface area contributed by atoms with Crippen molar-refractivity contribution in [2.24, 2.45) is 0 Å². The summed E-state index contributed by atoms with van der Waals surface area (Å²) >= 11 is 0. The van der Waals surface area contributed by atoms with Gasteiger partial charge in [0.15, 0.2) is 5.78 Å². The zero-order valence-corrected chi connectivity index (χ0v) is 12.2. The standard InChI is InChI=1S/C16H16N2O5/c19-14-7-5-13(6-8-14)18(10-16(22)23)12-3-1-11(2-4-12)17-9-15(20)21/h1-7,17H,8-10H2,(H,20,21)(H,22,23). The molecule has 0 saturated carbocycles. The number of hydrogen-bond donors (Lipinski definition) is 3. The molecule has 0 radical (unpaired) electrons. The van der Waals surface area contributed by atoms with E-state index in [9.17, 15) is 14.4 Å². The molecular formula is C16H16N2O5. The molecule has 1 aromatic carbocycles. The van der Waals surface area contributed by atoms with Crippen molar-refractivity contribution in [3.8, 4) is 0 Å². The second-order valence-electron chi connectivity index (χ2n) is 4.91. The third-order valence-corrected chi connectivity index (χ3v) is 3.18. The monoisotopic (exact) mass is 316 g/mol. The molecule has 0 bridgehead atoms. The smallest absolute Gasteiger partial charge is 0.323 e. The predicted octanol–water partition coefficient (Wildman–Crippen LogP) is 1.49. The van der Waals surface area contributed by atoms with Crippen molar-refractivity contribution in [3.63, 3.8) is 0 Å². The quantitative estimate of drug-likeness (QED) is 0.699. The van der Waals surface area contributed by atoms with Crippen LogP contribution >= 0.6 is 0 Å². The molecule has 120 valence electrons. The van der Waals surface area contributed by atoms with Crippen molar-refractivity contribution in [2.75, 3.05) is 23.3 Å². The first-order valence-corrected chi connectivity index (χ1v) is 6.92. The van der Waals surface area contributed by atoms with Gasteiger partial charge in [-0.05, 0) is 36.4 Å². The van der Waals surface area contributed by atoms with Gasteiger partial charge in [-0.1, -0.05) is 6.08 Å². The van der Waals surface area contributed by atoms with E-state index < -0.39 is 11.9 Å². The molecule has 0 saturated heterocycles. The van der Waals surface area contributed by atoms with Gasteiger partial charge < -0.3 is 20.4 Å². The van der Waals surface area contributed by atoms with Crippen molar-refractivity contribution in [1.29, 1.82) is 0 Å². The van der Waals surface area contributed by atoms with Crippen LogP contribution in [-0.4, -0.2) is 41.0 Å². The molecule has 0 amide bonds. The molecular weight excluding hydrogens is 300 g/mol. The van der Waals surface area contributed by atoms with Gasteiger partial charge in [0.2, 0.25) is 0 Å². The Morgan fingerprint density at radius 3 is 2.30 bits per heavy atom. The predicted molar refractivity (Wildman–Crippen MR) is 84.4 cm³/mol. The molecule has 7 nitrogen and oxygen atoms in total. The lowest BCUT2D eigenvalue weighted by Gasteiger charge is -2.25. The molecule has 23 heavy (non-hydrogen) atoms. The Bertz CT molecular complexity index is 676. The lowest BCUT2D eigenvalue weighted by molar-refractivity contribution is -0.136. The summed E-state index contributed by atoms with van der Waals surface area (Å²) in [6, 6.07) is 6.73. The zero-order valence-electron chi connectivity index (χ0n) is 12.2. The highest BCUT2D eigenvalue weighted by atomic mass is 16.4. The number of rotatable bonds is 7. The van der Waals surface area contributed by atoms with Crippen LogP contribution in [0.4, 0.5) is 11.4 Å². The number of carboxylic acids is 2. The van der Waals surface area contributed by atoms with Crippen LogP contribution in [0.1, 0.15) is 6.42 Å². The highest BCUT2D eigenvalue weighted by Gasteiger charge is 2.16. The minimum atomic E-state index is -0.996. The molecule has 1 aliphatic carbocycles. The van der Waals surface area contributed by atoms with Crippen molar-refractivity contribution in [2.45, 2.75) is 6.42 Å². The molecule has 3 N–H and O–H groups in total. The molecule has 0 fully saturated rings. The first-order chi connectivity index (χ1) is 11.0. The van der Waals surface area contributed by atoms with E-state index in [-0.39, 0.29) is 25.3 Å². The Morgan fingerprint density at radius 2 is 1.78 bits per heavy atom. The van der Waals surface area contributed by atoms with Crippen LogP contribution in [0.2, 0.25) is 0 Å². The number of nitrogens with zero attached hydrogens (tertiary/aromatic N) is 1. The minimum absolute atomic E-state index is 0.0303. The summed E-state index contributed by atoms with van der Waals surface area (Å²) in [7, 11) is 0. The minimum Gasteiger partial charge on any atom is -0.480 e. The molecule has 0 atom stereocenters. The van der Waals surface area contributed by atoms with Crippen LogP contribution in [0.5, 0.6) is 0 Å². The summed E-state index contributed by atoms with van der Waals surface area (Å²) in [6.07, 6.45) is 4.93. The summed E-state index contributed by atoms with van der Waals surface area (Å²) in [6.45, 7) is -0.444. The first kappa shape index (κ1) is 16.3. The van der Waals surface area contributed by atoms with Crippen LogP contribution in [0.3, 0.4) is 0 Å². The Labute approximate surface area is 132 Å². The summed E-state index contributed by atoms with van der Waals surface area (Å²) in [5, 5.41) is 20.4. The van der Waals surface area contributed by atoms with Crippen LogP contribution < -0.4 is 10.2 Å². The maximum atomic E-state index is 11.2. The third-order valence-electron chi connectivity index (χ3n) is 3.18. The lowest BCUT2D eigenvalue weighted by atomic mass is 10.1. The summed E-state index contributed by atoms with van der Waals surface area (Å²) in [5.41, 5.74) is 1.89. The van der Waals surface area contributed by atoms with Gasteiger partial charge in [-0.25, -0.2) is 0 Å². The SMILES string of the molecule is O=C(O)CNc1ccc(N(CC(=O)O)C2=CCC(=O)C=C2)cc1. The van der Waals surface area contributed by atoms with Gasteiger partial charge in [-0.15, -0.1) is 0 Å². The van der Waals surface area contributed by atoms with Crippen LogP contribution in [-0.2, 0) is 14.4 Å². The molecule has 1 aliphatic rings. The fourth-order valence-corrected chi connectivity index (χ4v) is 2.12. The molecule has 0 heterocycles. The number of carboxylic acid groups (broad SMARTS) is 2. The van der Waals surface area contributed by atoms with E-state index in [0.29, 0.717) is 17.1 Å². The number of carbonyl (C=O) groups excluding carboxylic acids is 1. The number of aliphatic carboxylic acids is 2. The van der Waals surface area contributed by atoms with Crippen molar-refractivity contribution in [1.82, 2.24) is 0 Å². The van der Waals surface area contributed by atoms with E-state index in [2.05, 4.69) is 5.32 Å². The molecule has 1 aromatic rings. The fraction of sp³-hybridized carbons (Fsp3) is 0.188. The number of nitrogens with one attached hydrogen (secondary N) is 1. The van der Waals surface area contributed by atoms with E-state index in [1.54, 1.807) is 41.3 Å². The van der Waals surface area contributed by atoms with E-state index in [4.69, 9.17) is 10.2 Å². The maximum Gasteiger partial charge on any atom is 0.323 e.